The normalized spacial score (nSPS) is 10.9. The summed E-state index contributed by atoms with van der Waals surface area (Å²) in [5.41, 5.74) is 2.13. The number of amides is 1. The highest BCUT2D eigenvalue weighted by Gasteiger charge is 2.08. The Labute approximate surface area is 140 Å². The second-order valence-corrected chi connectivity index (χ2v) is 6.16. The average Bonchev–Trinajstić information content (AvgIpc) is 2.94. The molecule has 2 heterocycles. The predicted molar refractivity (Wildman–Crippen MR) is 87.9 cm³/mol. The van der Waals surface area contributed by atoms with E-state index in [1.54, 1.807) is 18.2 Å². The molecule has 0 unspecified atom stereocenters. The zero-order chi connectivity index (χ0) is 16.2. The number of halogens is 2. The number of aromatic amines is 1. The summed E-state index contributed by atoms with van der Waals surface area (Å²) >= 11 is 7.14. The molecule has 2 N–H and O–H groups in total. The number of imidazole rings is 1. The molecule has 3 aromatic rings. The molecule has 0 bridgehead atoms. The Morgan fingerprint density at radius 2 is 2.13 bits per heavy atom. The number of rotatable bonds is 5. The van der Waals surface area contributed by atoms with Crippen molar-refractivity contribution in [1.82, 2.24) is 20.3 Å². The van der Waals surface area contributed by atoms with Crippen LogP contribution in [0.2, 0.25) is 5.02 Å². The molecule has 0 saturated carbocycles. The Hall–Kier alpha value is -2.12. The minimum atomic E-state index is -0.297. The topological polar surface area (TPSA) is 70.7 Å². The van der Waals surface area contributed by atoms with Crippen LogP contribution in [0.15, 0.2) is 41.7 Å². The van der Waals surface area contributed by atoms with Crippen LogP contribution in [0.25, 0.3) is 11.2 Å². The summed E-state index contributed by atoms with van der Waals surface area (Å²) in [6, 6.07) is 7.73. The molecule has 118 valence electrons. The highest BCUT2D eigenvalue weighted by atomic mass is 35.5. The molecule has 1 aromatic carbocycles. The van der Waals surface area contributed by atoms with Crippen molar-refractivity contribution in [2.75, 3.05) is 5.75 Å². The third kappa shape index (κ3) is 4.20. The minimum absolute atomic E-state index is 0.134. The number of carbonyl (C=O) groups is 1. The molecular weight excluding hydrogens is 339 g/mol. The van der Waals surface area contributed by atoms with E-state index in [1.165, 1.54) is 30.1 Å². The molecule has 5 nitrogen and oxygen atoms in total. The number of benzene rings is 1. The lowest BCUT2D eigenvalue weighted by Crippen LogP contribution is -2.24. The second kappa shape index (κ2) is 6.97. The van der Waals surface area contributed by atoms with Crippen LogP contribution in [0.5, 0.6) is 0 Å². The molecule has 0 spiro atoms. The van der Waals surface area contributed by atoms with Crippen LogP contribution < -0.4 is 5.32 Å². The first-order valence-corrected chi connectivity index (χ1v) is 8.12. The molecule has 0 aliphatic rings. The van der Waals surface area contributed by atoms with Crippen molar-refractivity contribution in [3.8, 4) is 0 Å². The fourth-order valence-corrected chi connectivity index (χ4v) is 2.77. The van der Waals surface area contributed by atoms with E-state index < -0.39 is 0 Å². The van der Waals surface area contributed by atoms with Crippen molar-refractivity contribution in [3.05, 3.63) is 52.9 Å². The number of nitrogens with zero attached hydrogens (tertiary/aromatic N) is 2. The van der Waals surface area contributed by atoms with Gasteiger partial charge in [-0.2, -0.15) is 0 Å². The Balaban J connectivity index is 1.52. The van der Waals surface area contributed by atoms with Crippen molar-refractivity contribution < 1.29 is 9.18 Å². The van der Waals surface area contributed by atoms with Gasteiger partial charge in [0.15, 0.2) is 10.8 Å². The maximum absolute atomic E-state index is 12.8. The zero-order valence-corrected chi connectivity index (χ0v) is 13.4. The number of hydrogen-bond acceptors (Lipinski definition) is 4. The summed E-state index contributed by atoms with van der Waals surface area (Å²) in [5, 5.41) is 3.90. The molecule has 0 fully saturated rings. The molecule has 3 rings (SSSR count). The maximum Gasteiger partial charge on any atom is 0.230 e. The lowest BCUT2D eigenvalue weighted by Gasteiger charge is -2.04. The highest BCUT2D eigenvalue weighted by molar-refractivity contribution is 7.99. The number of fused-ring (bicyclic) bond motifs is 1. The number of pyridine rings is 1. The molecule has 0 radical (unpaired) electrons. The monoisotopic (exact) mass is 350 g/mol. The molecule has 0 aliphatic carbocycles. The van der Waals surface area contributed by atoms with Crippen LogP contribution in [-0.4, -0.2) is 26.6 Å². The van der Waals surface area contributed by atoms with E-state index in [9.17, 15) is 9.18 Å². The quantitative estimate of drug-likeness (QED) is 0.693. The van der Waals surface area contributed by atoms with Gasteiger partial charge in [-0.25, -0.2) is 14.4 Å². The van der Waals surface area contributed by atoms with Crippen LogP contribution in [-0.2, 0) is 11.3 Å². The van der Waals surface area contributed by atoms with E-state index in [4.69, 9.17) is 11.6 Å². The van der Waals surface area contributed by atoms with Crippen LogP contribution in [0.4, 0.5) is 4.39 Å². The van der Waals surface area contributed by atoms with E-state index in [1.807, 2.05) is 0 Å². The van der Waals surface area contributed by atoms with Gasteiger partial charge in [-0.3, -0.25) is 4.79 Å². The second-order valence-electron chi connectivity index (χ2n) is 4.76. The molecule has 23 heavy (non-hydrogen) atoms. The van der Waals surface area contributed by atoms with Crippen molar-refractivity contribution in [3.63, 3.8) is 0 Å². The number of nitrogens with one attached hydrogen (secondary N) is 2. The lowest BCUT2D eigenvalue weighted by atomic mass is 10.2. The fraction of sp³-hybridized carbons (Fsp3) is 0.133. The molecule has 8 heteroatoms. The van der Waals surface area contributed by atoms with E-state index in [2.05, 4.69) is 20.3 Å². The van der Waals surface area contributed by atoms with Gasteiger partial charge in [0.05, 0.1) is 16.3 Å². The van der Waals surface area contributed by atoms with E-state index >= 15 is 0 Å². The van der Waals surface area contributed by atoms with Gasteiger partial charge in [0, 0.05) is 12.7 Å². The zero-order valence-electron chi connectivity index (χ0n) is 11.8. The first-order valence-electron chi connectivity index (χ1n) is 6.75. The maximum atomic E-state index is 12.8. The van der Waals surface area contributed by atoms with Crippen LogP contribution >= 0.6 is 23.4 Å². The van der Waals surface area contributed by atoms with Crippen LogP contribution in [0, 0.1) is 5.82 Å². The summed E-state index contributed by atoms with van der Waals surface area (Å²) in [7, 11) is 0. The van der Waals surface area contributed by atoms with Gasteiger partial charge < -0.3 is 10.3 Å². The van der Waals surface area contributed by atoms with E-state index in [-0.39, 0.29) is 17.5 Å². The largest absolute Gasteiger partial charge is 0.351 e. The van der Waals surface area contributed by atoms with Gasteiger partial charge in [-0.1, -0.05) is 35.5 Å². The Morgan fingerprint density at radius 1 is 1.35 bits per heavy atom. The molecule has 2 aromatic heterocycles. The van der Waals surface area contributed by atoms with Gasteiger partial charge in [0.1, 0.15) is 5.82 Å². The van der Waals surface area contributed by atoms with E-state index in [0.29, 0.717) is 22.4 Å². The van der Waals surface area contributed by atoms with E-state index in [0.717, 1.165) is 11.1 Å². The van der Waals surface area contributed by atoms with Gasteiger partial charge >= 0.3 is 0 Å². The van der Waals surface area contributed by atoms with Crippen molar-refractivity contribution in [1.29, 1.82) is 0 Å². The summed E-state index contributed by atoms with van der Waals surface area (Å²) in [6.07, 6.45) is 1.52. The minimum Gasteiger partial charge on any atom is -0.351 e. The van der Waals surface area contributed by atoms with Crippen molar-refractivity contribution in [2.45, 2.75) is 11.7 Å². The Kier molecular flexibility index (Phi) is 4.78. The Morgan fingerprint density at radius 3 is 2.91 bits per heavy atom. The van der Waals surface area contributed by atoms with Crippen molar-refractivity contribution >= 4 is 40.4 Å². The third-order valence-electron chi connectivity index (χ3n) is 3.03. The average molecular weight is 351 g/mol. The number of hydrogen-bond donors (Lipinski definition) is 2. The van der Waals surface area contributed by atoms with Crippen LogP contribution in [0.3, 0.4) is 0 Å². The van der Waals surface area contributed by atoms with Gasteiger partial charge in [0.25, 0.3) is 0 Å². The standard InChI is InChI=1S/C15H12ClFN4OS/c16-10-5-12-14(19-7-10)21-15(20-12)23-8-13(22)18-6-9-1-3-11(17)4-2-9/h1-5,7H,6,8H2,(H,18,22)(H,19,20,21). The summed E-state index contributed by atoms with van der Waals surface area (Å²) in [5.74, 6) is -0.214. The number of H-pyrrole nitrogens is 1. The number of aromatic nitrogens is 3. The Bertz CT molecular complexity index is 837. The number of thioether (sulfide) groups is 1. The highest BCUT2D eigenvalue weighted by Crippen LogP contribution is 2.20. The van der Waals surface area contributed by atoms with Crippen LogP contribution in [0.1, 0.15) is 5.56 Å². The molecule has 0 aliphatic heterocycles. The fourth-order valence-electron chi connectivity index (χ4n) is 1.91. The molecule has 1 amide bonds. The lowest BCUT2D eigenvalue weighted by molar-refractivity contribution is -0.118. The van der Waals surface area contributed by atoms with Crippen molar-refractivity contribution in [2.24, 2.45) is 0 Å². The molecule has 0 atom stereocenters. The smallest absolute Gasteiger partial charge is 0.230 e. The van der Waals surface area contributed by atoms with Gasteiger partial charge in [-0.15, -0.1) is 0 Å². The first kappa shape index (κ1) is 15.8. The SMILES string of the molecule is O=C(CSc1nc2ncc(Cl)cc2[nH]1)NCc1ccc(F)cc1. The first-order chi connectivity index (χ1) is 11.1. The summed E-state index contributed by atoms with van der Waals surface area (Å²) < 4.78 is 12.8. The third-order valence-corrected chi connectivity index (χ3v) is 4.11. The number of carbonyl (C=O) groups excluding carboxylic acids is 1. The molecule has 0 saturated heterocycles. The van der Waals surface area contributed by atoms with Gasteiger partial charge in [0.2, 0.25) is 5.91 Å². The van der Waals surface area contributed by atoms with Gasteiger partial charge in [-0.05, 0) is 23.8 Å². The molecular formula is C15H12ClFN4OS. The predicted octanol–water partition coefficient (Wildman–Crippen LogP) is 3.16. The summed E-state index contributed by atoms with van der Waals surface area (Å²) in [6.45, 7) is 0.358. The summed E-state index contributed by atoms with van der Waals surface area (Å²) in [4.78, 5) is 23.3.